The number of halogens is 1. The van der Waals surface area contributed by atoms with Crippen LogP contribution in [0.4, 0.5) is 15.0 Å². The Bertz CT molecular complexity index is 1280. The summed E-state index contributed by atoms with van der Waals surface area (Å²) >= 11 is 0. The zero-order chi connectivity index (χ0) is 27.8. The average molecular weight is 525 g/mol. The minimum atomic E-state index is -1.03. The molecule has 1 aromatic heterocycles. The fraction of sp³-hybridized carbons (Fsp3) is 0.464. The number of aromatic nitrogens is 1. The molecule has 2 aromatic rings. The van der Waals surface area contributed by atoms with E-state index in [0.717, 1.165) is 6.20 Å². The Balaban J connectivity index is 1.64. The number of nitrogens with zero attached hydrogens (tertiary/aromatic N) is 4. The lowest BCUT2D eigenvalue weighted by Gasteiger charge is -2.39. The second-order valence-corrected chi connectivity index (χ2v) is 11.1. The second kappa shape index (κ2) is 10.2. The molecule has 0 radical (unpaired) electrons. The number of anilines is 1. The number of likely N-dealkylation sites (tertiary alicyclic amines) is 1. The molecule has 1 fully saturated rings. The van der Waals surface area contributed by atoms with Crippen LogP contribution >= 0.6 is 0 Å². The van der Waals surface area contributed by atoms with Gasteiger partial charge in [-0.05, 0) is 78.1 Å². The number of carbonyl (C=O) groups is 3. The lowest BCUT2D eigenvalue weighted by Crippen LogP contribution is -2.53. The number of piperidine rings is 1. The summed E-state index contributed by atoms with van der Waals surface area (Å²) < 4.78 is 19.4. The van der Waals surface area contributed by atoms with Crippen LogP contribution in [-0.4, -0.2) is 63.7 Å². The first-order chi connectivity index (χ1) is 17.8. The Hall–Kier alpha value is -3.82. The largest absolute Gasteiger partial charge is 0.444 e. The number of ketones is 1. The van der Waals surface area contributed by atoms with Crippen molar-refractivity contribution in [2.45, 2.75) is 71.6 Å². The SMILES string of the molecule is Cc1cc(F)cnc1N(C(=O)c1ccc(C2=NOC(C)(C)C2=O)cc1)[C@@H]1CCCN(C(=O)OC(C)(C)C)C1. The minimum Gasteiger partial charge on any atom is -0.444 e. The van der Waals surface area contributed by atoms with Crippen LogP contribution in [0.3, 0.4) is 0 Å². The molecule has 2 aliphatic heterocycles. The van der Waals surface area contributed by atoms with Crippen molar-refractivity contribution >= 4 is 29.3 Å². The lowest BCUT2D eigenvalue weighted by atomic mass is 9.95. The van der Waals surface area contributed by atoms with Gasteiger partial charge in [0.15, 0.2) is 11.3 Å². The van der Waals surface area contributed by atoms with Gasteiger partial charge in [0, 0.05) is 24.2 Å². The maximum Gasteiger partial charge on any atom is 0.410 e. The molecule has 0 aliphatic carbocycles. The lowest BCUT2D eigenvalue weighted by molar-refractivity contribution is -0.128. The van der Waals surface area contributed by atoms with Crippen LogP contribution in [0, 0.1) is 12.7 Å². The van der Waals surface area contributed by atoms with E-state index in [0.29, 0.717) is 41.9 Å². The molecule has 9 nitrogen and oxygen atoms in total. The van der Waals surface area contributed by atoms with Gasteiger partial charge in [0.25, 0.3) is 5.91 Å². The molecule has 202 valence electrons. The standard InChI is InChI=1S/C28H33FN4O5/c1-17-14-20(29)15-30-24(17)33(21-8-7-13-32(16-21)26(36)37-27(2,3)4)25(35)19-11-9-18(10-12-19)22-23(34)28(5,6)38-31-22/h9-12,14-15,21H,7-8,13,16H2,1-6H3/t21-/m1/s1. The zero-order valence-corrected chi connectivity index (χ0v) is 22.6. The number of ether oxygens (including phenoxy) is 1. The topological polar surface area (TPSA) is 101 Å². The molecule has 4 rings (SSSR count). The van der Waals surface area contributed by atoms with Crippen molar-refractivity contribution in [2.75, 3.05) is 18.0 Å². The van der Waals surface area contributed by atoms with Gasteiger partial charge in [-0.1, -0.05) is 17.3 Å². The van der Waals surface area contributed by atoms with Crippen LogP contribution in [0.15, 0.2) is 41.7 Å². The van der Waals surface area contributed by atoms with Gasteiger partial charge < -0.3 is 14.5 Å². The van der Waals surface area contributed by atoms with Crippen molar-refractivity contribution in [3.8, 4) is 0 Å². The van der Waals surface area contributed by atoms with Crippen molar-refractivity contribution in [3.05, 3.63) is 59.0 Å². The van der Waals surface area contributed by atoms with Crippen molar-refractivity contribution in [3.63, 3.8) is 0 Å². The molecular weight excluding hydrogens is 491 g/mol. The Morgan fingerprint density at radius 3 is 2.47 bits per heavy atom. The van der Waals surface area contributed by atoms with Gasteiger partial charge >= 0.3 is 6.09 Å². The Labute approximate surface area is 221 Å². The number of hydrogen-bond donors (Lipinski definition) is 0. The molecule has 38 heavy (non-hydrogen) atoms. The van der Waals surface area contributed by atoms with E-state index in [1.54, 1.807) is 70.7 Å². The third kappa shape index (κ3) is 5.69. The van der Waals surface area contributed by atoms with Crippen LogP contribution in [-0.2, 0) is 14.4 Å². The number of aryl methyl sites for hydroxylation is 1. The van der Waals surface area contributed by atoms with E-state index < -0.39 is 29.2 Å². The normalized spacial score (nSPS) is 19.0. The number of benzene rings is 1. The third-order valence-electron chi connectivity index (χ3n) is 6.41. The molecule has 0 spiro atoms. The van der Waals surface area contributed by atoms with Gasteiger partial charge in [0.1, 0.15) is 17.2 Å². The summed E-state index contributed by atoms with van der Waals surface area (Å²) in [5.74, 6) is -0.781. The van der Waals surface area contributed by atoms with E-state index in [4.69, 9.17) is 9.57 Å². The first-order valence-corrected chi connectivity index (χ1v) is 12.6. The summed E-state index contributed by atoms with van der Waals surface area (Å²) in [6.07, 6.45) is 1.91. The van der Waals surface area contributed by atoms with Gasteiger partial charge in [-0.15, -0.1) is 0 Å². The molecule has 3 heterocycles. The van der Waals surface area contributed by atoms with Gasteiger partial charge in [0.2, 0.25) is 5.78 Å². The molecular formula is C28H33FN4O5. The molecule has 1 saturated heterocycles. The fourth-order valence-electron chi connectivity index (χ4n) is 4.50. The van der Waals surface area contributed by atoms with E-state index >= 15 is 0 Å². The Morgan fingerprint density at radius 2 is 1.89 bits per heavy atom. The summed E-state index contributed by atoms with van der Waals surface area (Å²) in [7, 11) is 0. The summed E-state index contributed by atoms with van der Waals surface area (Å²) in [5, 5.41) is 3.92. The number of amides is 2. The van der Waals surface area contributed by atoms with Crippen LogP contribution < -0.4 is 4.90 Å². The highest BCUT2D eigenvalue weighted by molar-refractivity contribution is 6.49. The number of hydrogen-bond acceptors (Lipinski definition) is 7. The predicted molar refractivity (Wildman–Crippen MR) is 140 cm³/mol. The second-order valence-electron chi connectivity index (χ2n) is 11.1. The quantitative estimate of drug-likeness (QED) is 0.577. The van der Waals surface area contributed by atoms with Crippen LogP contribution in [0.1, 0.15) is 68.9 Å². The number of oxime groups is 1. The van der Waals surface area contributed by atoms with E-state index in [1.807, 2.05) is 0 Å². The highest BCUT2D eigenvalue weighted by atomic mass is 19.1. The summed E-state index contributed by atoms with van der Waals surface area (Å²) in [5.41, 5.74) is -0.111. The highest BCUT2D eigenvalue weighted by Gasteiger charge is 2.40. The maximum absolute atomic E-state index is 13.9. The minimum absolute atomic E-state index is 0.196. The number of rotatable bonds is 4. The predicted octanol–water partition coefficient (Wildman–Crippen LogP) is 4.66. The van der Waals surface area contributed by atoms with E-state index in [-0.39, 0.29) is 23.9 Å². The number of pyridine rings is 1. The first-order valence-electron chi connectivity index (χ1n) is 12.6. The van der Waals surface area contributed by atoms with Gasteiger partial charge in [-0.25, -0.2) is 14.2 Å². The summed E-state index contributed by atoms with van der Waals surface area (Å²) in [6, 6.07) is 7.43. The van der Waals surface area contributed by atoms with Crippen LogP contribution in [0.2, 0.25) is 0 Å². The van der Waals surface area contributed by atoms with Crippen molar-refractivity contribution < 1.29 is 28.3 Å². The molecule has 2 aliphatic rings. The van der Waals surface area contributed by atoms with Crippen molar-refractivity contribution in [1.29, 1.82) is 0 Å². The molecule has 10 heteroatoms. The van der Waals surface area contributed by atoms with E-state index in [2.05, 4.69) is 10.1 Å². The van der Waals surface area contributed by atoms with Gasteiger partial charge in [-0.3, -0.25) is 14.5 Å². The van der Waals surface area contributed by atoms with Crippen LogP contribution in [0.25, 0.3) is 0 Å². The maximum atomic E-state index is 13.9. The fourth-order valence-corrected chi connectivity index (χ4v) is 4.50. The number of carbonyl (C=O) groups excluding carboxylic acids is 3. The summed E-state index contributed by atoms with van der Waals surface area (Å²) in [4.78, 5) is 51.9. The average Bonchev–Trinajstić information content (AvgIpc) is 3.12. The molecule has 1 atom stereocenters. The molecule has 2 amide bonds. The van der Waals surface area contributed by atoms with E-state index in [9.17, 15) is 18.8 Å². The van der Waals surface area contributed by atoms with Crippen molar-refractivity contribution in [1.82, 2.24) is 9.88 Å². The third-order valence-corrected chi connectivity index (χ3v) is 6.41. The van der Waals surface area contributed by atoms with Crippen LogP contribution in [0.5, 0.6) is 0 Å². The van der Waals surface area contributed by atoms with Gasteiger partial charge in [-0.2, -0.15) is 0 Å². The summed E-state index contributed by atoms with van der Waals surface area (Å²) in [6.45, 7) is 11.1. The zero-order valence-electron chi connectivity index (χ0n) is 22.6. The monoisotopic (exact) mass is 524 g/mol. The smallest absolute Gasteiger partial charge is 0.410 e. The Kier molecular flexibility index (Phi) is 7.27. The van der Waals surface area contributed by atoms with Gasteiger partial charge in [0.05, 0.1) is 12.2 Å². The van der Waals surface area contributed by atoms with Crippen molar-refractivity contribution in [2.24, 2.45) is 5.16 Å². The highest BCUT2D eigenvalue weighted by Crippen LogP contribution is 2.28. The molecule has 0 saturated carbocycles. The Morgan fingerprint density at radius 1 is 1.21 bits per heavy atom. The molecule has 0 unspecified atom stereocenters. The van der Waals surface area contributed by atoms with E-state index in [1.165, 1.54) is 11.0 Å². The molecule has 1 aromatic carbocycles. The molecule has 0 bridgehead atoms. The first kappa shape index (κ1) is 27.2. The molecule has 0 N–H and O–H groups in total. The number of Topliss-reactive ketones (excluding diaryl/α,β-unsaturated/α-hetero) is 1.